The minimum Gasteiger partial charge on any atom is -0.497 e. The number of methoxy groups -OCH3 is 1. The molecule has 4 heteroatoms. The van der Waals surface area contributed by atoms with Gasteiger partial charge in [-0.1, -0.05) is 29.8 Å². The highest BCUT2D eigenvalue weighted by atomic mass is 35.5. The molecular weight excluding hydrogens is 276 g/mol. The van der Waals surface area contributed by atoms with E-state index in [0.717, 1.165) is 11.3 Å². The third kappa shape index (κ3) is 4.28. The Bertz CT molecular complexity index is 579. The lowest BCUT2D eigenvalue weighted by atomic mass is 10.1. The molecule has 0 radical (unpaired) electrons. The summed E-state index contributed by atoms with van der Waals surface area (Å²) >= 11 is 5.83. The van der Waals surface area contributed by atoms with Crippen LogP contribution in [-0.2, 0) is 11.2 Å². The number of hydrogen-bond donors (Lipinski definition) is 0. The van der Waals surface area contributed by atoms with Gasteiger partial charge in [0.1, 0.15) is 11.5 Å². The number of esters is 1. The normalized spacial score (nSPS) is 10.1. The van der Waals surface area contributed by atoms with Gasteiger partial charge in [0.2, 0.25) is 0 Å². The van der Waals surface area contributed by atoms with Crippen LogP contribution in [0.3, 0.4) is 0 Å². The van der Waals surface area contributed by atoms with Gasteiger partial charge in [-0.25, -0.2) is 0 Å². The standard InChI is InChI=1S/C16H15ClO3/c1-19-14-8-5-12(6-9-14)7-10-16(18)20-15-4-2-3-13(17)11-15/h2-6,8-9,11H,7,10H2,1H3. The molecule has 2 aromatic rings. The van der Waals surface area contributed by atoms with Crippen molar-refractivity contribution in [2.45, 2.75) is 12.8 Å². The molecule has 0 amide bonds. The second kappa shape index (κ2) is 6.96. The zero-order valence-electron chi connectivity index (χ0n) is 11.1. The van der Waals surface area contributed by atoms with Gasteiger partial charge in [0.15, 0.2) is 0 Å². The Morgan fingerprint density at radius 1 is 1.10 bits per heavy atom. The number of carbonyl (C=O) groups is 1. The van der Waals surface area contributed by atoms with Gasteiger partial charge >= 0.3 is 5.97 Å². The summed E-state index contributed by atoms with van der Waals surface area (Å²) < 4.78 is 10.3. The van der Waals surface area contributed by atoms with Crippen molar-refractivity contribution in [3.63, 3.8) is 0 Å². The van der Waals surface area contributed by atoms with E-state index < -0.39 is 0 Å². The highest BCUT2D eigenvalue weighted by Gasteiger charge is 2.06. The summed E-state index contributed by atoms with van der Waals surface area (Å²) in [4.78, 5) is 11.7. The SMILES string of the molecule is COc1ccc(CCC(=O)Oc2cccc(Cl)c2)cc1. The quantitative estimate of drug-likeness (QED) is 0.619. The number of carbonyl (C=O) groups excluding carboxylic acids is 1. The van der Waals surface area contributed by atoms with Crippen LogP contribution in [0.2, 0.25) is 5.02 Å². The van der Waals surface area contributed by atoms with Crippen LogP contribution in [0.15, 0.2) is 48.5 Å². The molecule has 0 aliphatic heterocycles. The Labute approximate surface area is 123 Å². The molecule has 0 fully saturated rings. The van der Waals surface area contributed by atoms with Gasteiger partial charge in [-0.2, -0.15) is 0 Å². The maximum atomic E-state index is 11.7. The molecule has 0 aromatic heterocycles. The first-order valence-corrected chi connectivity index (χ1v) is 6.64. The zero-order chi connectivity index (χ0) is 14.4. The number of hydrogen-bond acceptors (Lipinski definition) is 3. The van der Waals surface area contributed by atoms with Gasteiger partial charge in [-0.15, -0.1) is 0 Å². The monoisotopic (exact) mass is 290 g/mol. The lowest BCUT2D eigenvalue weighted by Gasteiger charge is -2.05. The van der Waals surface area contributed by atoms with Crippen LogP contribution in [0.4, 0.5) is 0 Å². The molecule has 104 valence electrons. The fraction of sp³-hybridized carbons (Fsp3) is 0.188. The average molecular weight is 291 g/mol. The minimum absolute atomic E-state index is 0.275. The van der Waals surface area contributed by atoms with Gasteiger partial charge < -0.3 is 9.47 Å². The molecular formula is C16H15ClO3. The van der Waals surface area contributed by atoms with Gasteiger partial charge in [0.05, 0.1) is 7.11 Å². The summed E-state index contributed by atoms with van der Waals surface area (Å²) in [7, 11) is 1.62. The molecule has 0 aliphatic rings. The molecule has 0 unspecified atom stereocenters. The zero-order valence-corrected chi connectivity index (χ0v) is 11.9. The number of ether oxygens (including phenoxy) is 2. The molecule has 0 spiro atoms. The summed E-state index contributed by atoms with van der Waals surface area (Å²) in [5.41, 5.74) is 1.06. The minimum atomic E-state index is -0.275. The maximum Gasteiger partial charge on any atom is 0.311 e. The number of halogens is 1. The van der Waals surface area contributed by atoms with Gasteiger partial charge in [0.25, 0.3) is 0 Å². The Kier molecular flexibility index (Phi) is 5.02. The third-order valence-electron chi connectivity index (χ3n) is 2.80. The van der Waals surface area contributed by atoms with E-state index in [0.29, 0.717) is 23.6 Å². The van der Waals surface area contributed by atoms with Crippen molar-refractivity contribution in [3.05, 3.63) is 59.1 Å². The molecule has 2 rings (SSSR count). The van der Waals surface area contributed by atoms with E-state index in [1.54, 1.807) is 31.4 Å². The first kappa shape index (κ1) is 14.4. The fourth-order valence-electron chi connectivity index (χ4n) is 1.75. The van der Waals surface area contributed by atoms with E-state index in [2.05, 4.69) is 0 Å². The number of rotatable bonds is 5. The Morgan fingerprint density at radius 2 is 1.85 bits per heavy atom. The molecule has 0 bridgehead atoms. The van der Waals surface area contributed by atoms with Crippen molar-refractivity contribution in [2.24, 2.45) is 0 Å². The average Bonchev–Trinajstić information content (AvgIpc) is 2.46. The first-order valence-electron chi connectivity index (χ1n) is 6.26. The van der Waals surface area contributed by atoms with Gasteiger partial charge in [-0.05, 0) is 42.3 Å². The Balaban J connectivity index is 1.85. The van der Waals surface area contributed by atoms with Crippen LogP contribution in [0, 0.1) is 0 Å². The van der Waals surface area contributed by atoms with Crippen LogP contribution in [0.5, 0.6) is 11.5 Å². The van der Waals surface area contributed by atoms with Crippen LogP contribution < -0.4 is 9.47 Å². The fourth-order valence-corrected chi connectivity index (χ4v) is 1.93. The van der Waals surface area contributed by atoms with E-state index in [4.69, 9.17) is 21.1 Å². The number of aryl methyl sites for hydroxylation is 1. The Hall–Kier alpha value is -2.00. The van der Waals surface area contributed by atoms with Gasteiger partial charge in [-0.3, -0.25) is 4.79 Å². The van der Waals surface area contributed by atoms with E-state index >= 15 is 0 Å². The largest absolute Gasteiger partial charge is 0.497 e. The Morgan fingerprint density at radius 3 is 2.50 bits per heavy atom. The third-order valence-corrected chi connectivity index (χ3v) is 3.04. The lowest BCUT2D eigenvalue weighted by Crippen LogP contribution is -2.08. The highest BCUT2D eigenvalue weighted by molar-refractivity contribution is 6.30. The van der Waals surface area contributed by atoms with Crippen molar-refractivity contribution in [3.8, 4) is 11.5 Å². The first-order chi connectivity index (χ1) is 9.67. The summed E-state index contributed by atoms with van der Waals surface area (Å²) in [6.45, 7) is 0. The van der Waals surface area contributed by atoms with Crippen LogP contribution in [0.1, 0.15) is 12.0 Å². The molecule has 0 heterocycles. The van der Waals surface area contributed by atoms with E-state index in [1.165, 1.54) is 0 Å². The smallest absolute Gasteiger partial charge is 0.311 e. The molecule has 0 saturated heterocycles. The number of benzene rings is 2. The van der Waals surface area contributed by atoms with Crippen LogP contribution >= 0.6 is 11.6 Å². The maximum absolute atomic E-state index is 11.7. The second-order valence-corrected chi connectivity index (χ2v) is 4.72. The van der Waals surface area contributed by atoms with Crippen molar-refractivity contribution in [1.29, 1.82) is 0 Å². The summed E-state index contributed by atoms with van der Waals surface area (Å²) in [5.74, 6) is 0.996. The lowest BCUT2D eigenvalue weighted by molar-refractivity contribution is -0.134. The highest BCUT2D eigenvalue weighted by Crippen LogP contribution is 2.18. The van der Waals surface area contributed by atoms with Crippen LogP contribution in [0.25, 0.3) is 0 Å². The molecule has 3 nitrogen and oxygen atoms in total. The van der Waals surface area contributed by atoms with Crippen molar-refractivity contribution in [1.82, 2.24) is 0 Å². The predicted octanol–water partition coefficient (Wildman–Crippen LogP) is 3.89. The second-order valence-electron chi connectivity index (χ2n) is 4.28. The van der Waals surface area contributed by atoms with E-state index in [9.17, 15) is 4.79 Å². The summed E-state index contributed by atoms with van der Waals surface area (Å²) in [6.07, 6.45) is 0.947. The van der Waals surface area contributed by atoms with E-state index in [1.807, 2.05) is 24.3 Å². The van der Waals surface area contributed by atoms with Crippen molar-refractivity contribution < 1.29 is 14.3 Å². The van der Waals surface area contributed by atoms with Crippen LogP contribution in [-0.4, -0.2) is 13.1 Å². The molecule has 0 aliphatic carbocycles. The molecule has 0 N–H and O–H groups in total. The molecule has 0 saturated carbocycles. The molecule has 0 atom stereocenters. The van der Waals surface area contributed by atoms with E-state index in [-0.39, 0.29) is 5.97 Å². The van der Waals surface area contributed by atoms with Gasteiger partial charge in [0, 0.05) is 11.4 Å². The summed E-state index contributed by atoms with van der Waals surface area (Å²) in [6, 6.07) is 14.4. The molecule has 2 aromatic carbocycles. The molecule has 20 heavy (non-hydrogen) atoms. The van der Waals surface area contributed by atoms with Crippen molar-refractivity contribution in [2.75, 3.05) is 7.11 Å². The predicted molar refractivity (Wildman–Crippen MR) is 78.4 cm³/mol. The summed E-state index contributed by atoms with van der Waals surface area (Å²) in [5, 5.41) is 0.547. The topological polar surface area (TPSA) is 35.5 Å². The van der Waals surface area contributed by atoms with Crippen molar-refractivity contribution >= 4 is 17.6 Å².